The van der Waals surface area contributed by atoms with Crippen molar-refractivity contribution in [2.24, 2.45) is 5.92 Å². The van der Waals surface area contributed by atoms with Crippen LogP contribution in [0.3, 0.4) is 0 Å². The van der Waals surface area contributed by atoms with Crippen molar-refractivity contribution in [2.75, 3.05) is 13.7 Å². The molecular weight excluding hydrogens is 312 g/mol. The molecule has 1 aromatic heterocycles. The smallest absolute Gasteiger partial charge is 0.313 e. The lowest BCUT2D eigenvalue weighted by atomic mass is 9.84. The average molecular weight is 336 g/mol. The molecule has 7 nitrogen and oxygen atoms in total. The van der Waals surface area contributed by atoms with Crippen LogP contribution in [0.1, 0.15) is 50.4 Å². The molecule has 7 heteroatoms. The summed E-state index contributed by atoms with van der Waals surface area (Å²) >= 11 is 0. The van der Waals surface area contributed by atoms with E-state index in [0.717, 1.165) is 11.3 Å². The van der Waals surface area contributed by atoms with Crippen molar-refractivity contribution in [2.45, 2.75) is 52.0 Å². The van der Waals surface area contributed by atoms with Gasteiger partial charge in [-0.1, -0.05) is 0 Å². The number of carbonyl (C=O) groups is 3. The minimum Gasteiger partial charge on any atom is -0.469 e. The fraction of sp³-hybridized carbons (Fsp3) is 0.647. The number of aromatic nitrogens is 2. The molecule has 1 heterocycles. The number of nitrogens with zero attached hydrogens (tertiary/aromatic N) is 2. The van der Waals surface area contributed by atoms with Crippen molar-refractivity contribution in [1.82, 2.24) is 9.78 Å². The number of ether oxygens (including phenoxy) is 2. The van der Waals surface area contributed by atoms with Crippen molar-refractivity contribution in [1.29, 1.82) is 0 Å². The topological polar surface area (TPSA) is 87.5 Å². The molecule has 0 saturated carbocycles. The molecule has 0 saturated heterocycles. The van der Waals surface area contributed by atoms with Crippen LogP contribution in [0.4, 0.5) is 0 Å². The van der Waals surface area contributed by atoms with Crippen LogP contribution in [0, 0.1) is 5.92 Å². The predicted octanol–water partition coefficient (Wildman–Crippen LogP) is 1.63. The Labute approximate surface area is 141 Å². The number of hydrogen-bond donors (Lipinski definition) is 0. The van der Waals surface area contributed by atoms with E-state index in [0.29, 0.717) is 19.3 Å². The summed E-state index contributed by atoms with van der Waals surface area (Å²) < 4.78 is 11.3. The van der Waals surface area contributed by atoms with Crippen LogP contribution >= 0.6 is 0 Å². The maximum absolute atomic E-state index is 12.2. The van der Waals surface area contributed by atoms with Crippen LogP contribution < -0.4 is 0 Å². The molecule has 24 heavy (non-hydrogen) atoms. The van der Waals surface area contributed by atoms with Crippen LogP contribution in [0.15, 0.2) is 6.20 Å². The zero-order chi connectivity index (χ0) is 17.7. The molecule has 0 bridgehead atoms. The molecule has 1 aliphatic rings. The maximum atomic E-state index is 12.2. The molecule has 0 radical (unpaired) electrons. The highest BCUT2D eigenvalue weighted by Gasteiger charge is 2.28. The number of aryl methyl sites for hydroxylation is 1. The van der Waals surface area contributed by atoms with Gasteiger partial charge in [-0.05, 0) is 38.7 Å². The molecule has 1 aromatic rings. The van der Waals surface area contributed by atoms with Gasteiger partial charge in [0.25, 0.3) is 0 Å². The van der Waals surface area contributed by atoms with E-state index in [1.165, 1.54) is 7.11 Å². The number of rotatable bonds is 7. The molecule has 2 unspecified atom stereocenters. The first-order valence-electron chi connectivity index (χ1n) is 8.26. The van der Waals surface area contributed by atoms with E-state index in [9.17, 15) is 14.4 Å². The van der Waals surface area contributed by atoms with Crippen LogP contribution in [0.2, 0.25) is 0 Å². The standard InChI is InChI=1S/C17H24N2O5/c1-4-24-17(22)9-15(20)12-5-6-14-13(8-12)10-19(18-14)11(2)7-16(21)23-3/h10-12H,4-9H2,1-3H3. The van der Waals surface area contributed by atoms with E-state index in [1.54, 1.807) is 11.6 Å². The molecule has 0 spiro atoms. The summed E-state index contributed by atoms with van der Waals surface area (Å²) in [7, 11) is 1.36. The van der Waals surface area contributed by atoms with E-state index in [-0.39, 0.29) is 43.2 Å². The summed E-state index contributed by atoms with van der Waals surface area (Å²) in [4.78, 5) is 35.1. The fourth-order valence-corrected chi connectivity index (χ4v) is 2.94. The Morgan fingerprint density at radius 1 is 1.38 bits per heavy atom. The Kier molecular flexibility index (Phi) is 6.11. The number of fused-ring (bicyclic) bond motifs is 1. The minimum absolute atomic E-state index is 0.0746. The number of esters is 2. The molecule has 0 fully saturated rings. The minimum atomic E-state index is -0.462. The zero-order valence-electron chi connectivity index (χ0n) is 14.4. The number of ketones is 1. The van der Waals surface area contributed by atoms with Crippen LogP contribution in [0.25, 0.3) is 0 Å². The normalized spacial score (nSPS) is 17.7. The van der Waals surface area contributed by atoms with Gasteiger partial charge in [-0.3, -0.25) is 19.1 Å². The third-order valence-corrected chi connectivity index (χ3v) is 4.31. The fourth-order valence-electron chi connectivity index (χ4n) is 2.94. The quantitative estimate of drug-likeness (QED) is 0.555. The summed E-state index contributed by atoms with van der Waals surface area (Å²) in [6.45, 7) is 3.91. The Balaban J connectivity index is 1.99. The highest BCUT2D eigenvalue weighted by Crippen LogP contribution is 2.27. The molecule has 1 aliphatic carbocycles. The summed E-state index contributed by atoms with van der Waals surface area (Å²) in [6, 6.07) is -0.100. The molecule has 2 rings (SSSR count). The van der Waals surface area contributed by atoms with Crippen LogP contribution in [-0.2, 0) is 36.7 Å². The second-order valence-electron chi connectivity index (χ2n) is 6.10. The largest absolute Gasteiger partial charge is 0.469 e. The van der Waals surface area contributed by atoms with Gasteiger partial charge in [0.1, 0.15) is 12.2 Å². The van der Waals surface area contributed by atoms with E-state index in [2.05, 4.69) is 9.84 Å². The van der Waals surface area contributed by atoms with Crippen molar-refractivity contribution in [3.8, 4) is 0 Å². The van der Waals surface area contributed by atoms with Crippen molar-refractivity contribution in [3.05, 3.63) is 17.5 Å². The van der Waals surface area contributed by atoms with Gasteiger partial charge in [0.05, 0.1) is 31.9 Å². The number of Topliss-reactive ketones (excluding diaryl/α,β-unsaturated/α-hetero) is 1. The van der Waals surface area contributed by atoms with E-state index >= 15 is 0 Å². The van der Waals surface area contributed by atoms with Gasteiger partial charge in [-0.2, -0.15) is 5.10 Å². The summed E-state index contributed by atoms with van der Waals surface area (Å²) in [5.74, 6) is -0.987. The van der Waals surface area contributed by atoms with Crippen LogP contribution in [-0.4, -0.2) is 41.2 Å². The maximum Gasteiger partial charge on any atom is 0.313 e. The lowest BCUT2D eigenvalue weighted by Crippen LogP contribution is -2.25. The Hall–Kier alpha value is -2.18. The Morgan fingerprint density at radius 3 is 2.79 bits per heavy atom. The first kappa shape index (κ1) is 18.2. The van der Waals surface area contributed by atoms with Gasteiger partial charge in [-0.25, -0.2) is 0 Å². The van der Waals surface area contributed by atoms with Gasteiger partial charge in [-0.15, -0.1) is 0 Å². The van der Waals surface area contributed by atoms with Gasteiger partial charge in [0, 0.05) is 12.1 Å². The third-order valence-electron chi connectivity index (χ3n) is 4.31. The number of methoxy groups -OCH3 is 1. The highest BCUT2D eigenvalue weighted by molar-refractivity contribution is 5.97. The summed E-state index contributed by atoms with van der Waals surface area (Å²) in [5.41, 5.74) is 1.98. The molecule has 0 aliphatic heterocycles. The Morgan fingerprint density at radius 2 is 2.12 bits per heavy atom. The second-order valence-corrected chi connectivity index (χ2v) is 6.10. The second kappa shape index (κ2) is 8.08. The first-order chi connectivity index (χ1) is 11.4. The summed E-state index contributed by atoms with van der Waals surface area (Å²) in [6.07, 6.45) is 3.95. The van der Waals surface area contributed by atoms with E-state index < -0.39 is 5.97 Å². The average Bonchev–Trinajstić information content (AvgIpc) is 2.98. The first-order valence-corrected chi connectivity index (χ1v) is 8.26. The number of carbonyl (C=O) groups excluding carboxylic acids is 3. The van der Waals surface area contributed by atoms with Gasteiger partial charge < -0.3 is 9.47 Å². The highest BCUT2D eigenvalue weighted by atomic mass is 16.5. The van der Waals surface area contributed by atoms with Gasteiger partial charge >= 0.3 is 11.9 Å². The lowest BCUT2D eigenvalue weighted by molar-refractivity contribution is -0.146. The molecule has 0 aromatic carbocycles. The van der Waals surface area contributed by atoms with Gasteiger partial charge in [0.2, 0.25) is 0 Å². The van der Waals surface area contributed by atoms with Crippen LogP contribution in [0.5, 0.6) is 0 Å². The van der Waals surface area contributed by atoms with E-state index in [1.807, 2.05) is 13.1 Å². The molecular formula is C17H24N2O5. The Bertz CT molecular complexity index is 622. The van der Waals surface area contributed by atoms with Crippen molar-refractivity contribution < 1.29 is 23.9 Å². The predicted molar refractivity (Wildman–Crippen MR) is 85.3 cm³/mol. The third kappa shape index (κ3) is 4.43. The molecule has 2 atom stereocenters. The number of hydrogen-bond acceptors (Lipinski definition) is 6. The van der Waals surface area contributed by atoms with Gasteiger partial charge in [0.15, 0.2) is 0 Å². The lowest BCUT2D eigenvalue weighted by Gasteiger charge is -2.19. The molecule has 0 N–H and O–H groups in total. The van der Waals surface area contributed by atoms with Crippen molar-refractivity contribution >= 4 is 17.7 Å². The monoisotopic (exact) mass is 336 g/mol. The summed E-state index contributed by atoms with van der Waals surface area (Å²) in [5, 5.41) is 4.53. The molecule has 132 valence electrons. The molecule has 0 amide bonds. The van der Waals surface area contributed by atoms with Crippen molar-refractivity contribution in [3.63, 3.8) is 0 Å². The zero-order valence-corrected chi connectivity index (χ0v) is 14.4. The van der Waals surface area contributed by atoms with E-state index in [4.69, 9.17) is 4.74 Å². The SMILES string of the molecule is CCOC(=O)CC(=O)C1CCc2nn(C(C)CC(=O)OC)cc2C1.